The highest BCUT2D eigenvalue weighted by atomic mass is 32.1. The van der Waals surface area contributed by atoms with E-state index in [1.807, 2.05) is 0 Å². The molecule has 0 aliphatic rings. The van der Waals surface area contributed by atoms with Gasteiger partial charge in [0.15, 0.2) is 0 Å². The van der Waals surface area contributed by atoms with Crippen LogP contribution in [0.1, 0.15) is 171 Å². The van der Waals surface area contributed by atoms with Crippen LogP contribution < -0.4 is 0 Å². The zero-order valence-electron chi connectivity index (χ0n) is 29.3. The van der Waals surface area contributed by atoms with Crippen molar-refractivity contribution in [3.05, 3.63) is 71.8 Å². The molecule has 0 fully saturated rings. The highest BCUT2D eigenvalue weighted by molar-refractivity contribution is 7.81. The van der Waals surface area contributed by atoms with Gasteiger partial charge in [-0.15, -0.1) is 0 Å². The topological polar surface area (TPSA) is 0 Å². The van der Waals surface area contributed by atoms with Crippen LogP contribution in [0.3, 0.4) is 0 Å². The number of hydrogen-bond acceptors (Lipinski definition) is 4. The molecule has 2 aromatic rings. The summed E-state index contributed by atoms with van der Waals surface area (Å²) in [5, 5.41) is 0.337. The van der Waals surface area contributed by atoms with E-state index in [9.17, 15) is 0 Å². The number of benzene rings is 2. The average molecular weight is 703 g/mol. The molecule has 0 N–H and O–H groups in total. The summed E-state index contributed by atoms with van der Waals surface area (Å²) in [4.78, 5) is 0. The van der Waals surface area contributed by atoms with Gasteiger partial charge in [0, 0.05) is 10.7 Å². The zero-order valence-corrected chi connectivity index (χ0v) is 32.9. The minimum Gasteiger partial charge on any atom is -0.179 e. The highest BCUT2D eigenvalue weighted by Gasteiger charge is 2.44. The Kier molecular flexibility index (Phi) is 26.2. The normalized spacial score (nSPS) is 14.3. The molecule has 0 saturated heterocycles. The summed E-state index contributed by atoms with van der Waals surface area (Å²) in [5.41, 5.74) is 3.01. The van der Waals surface area contributed by atoms with Gasteiger partial charge in [0.1, 0.15) is 0 Å². The van der Waals surface area contributed by atoms with Crippen molar-refractivity contribution in [3.8, 4) is 0 Å². The molecule has 46 heavy (non-hydrogen) atoms. The van der Waals surface area contributed by atoms with E-state index >= 15 is 0 Å². The van der Waals surface area contributed by atoms with Crippen LogP contribution in [-0.4, -0.2) is 22.5 Å². The third-order valence-corrected chi connectivity index (χ3v) is 11.9. The summed E-state index contributed by atoms with van der Waals surface area (Å²) in [7, 11) is 0. The first-order chi connectivity index (χ1) is 22.7. The number of hydrogen-bond donors (Lipinski definition) is 4. The molecule has 4 heteroatoms. The SMILES string of the molecule is SCCCCCCCCCCCCC(S)C(CCCCCCCCCCCCS)(c1ccccc1)C(CCCS)c1ccccc1. The quantitative estimate of drug-likeness (QED) is 0.0436. The van der Waals surface area contributed by atoms with Crippen molar-refractivity contribution in [2.24, 2.45) is 0 Å². The van der Waals surface area contributed by atoms with E-state index in [4.69, 9.17) is 25.3 Å². The van der Waals surface area contributed by atoms with Gasteiger partial charge in [0.05, 0.1) is 0 Å². The van der Waals surface area contributed by atoms with Crippen molar-refractivity contribution in [2.75, 3.05) is 17.3 Å². The molecule has 262 valence electrons. The summed E-state index contributed by atoms with van der Waals surface area (Å²) in [6.45, 7) is 0. The Hall–Kier alpha value is -0.160. The lowest BCUT2D eigenvalue weighted by atomic mass is 9.60. The number of rotatable bonds is 31. The van der Waals surface area contributed by atoms with Crippen molar-refractivity contribution < 1.29 is 0 Å². The molecular weight excluding hydrogens is 633 g/mol. The van der Waals surface area contributed by atoms with Gasteiger partial charge in [-0.2, -0.15) is 50.5 Å². The van der Waals surface area contributed by atoms with Gasteiger partial charge in [0.2, 0.25) is 0 Å². The lowest BCUT2D eigenvalue weighted by molar-refractivity contribution is 0.271. The van der Waals surface area contributed by atoms with Crippen molar-refractivity contribution in [1.29, 1.82) is 0 Å². The Morgan fingerprint density at radius 2 is 0.804 bits per heavy atom. The average Bonchev–Trinajstić information content (AvgIpc) is 3.09. The fourth-order valence-corrected chi connectivity index (χ4v) is 8.90. The van der Waals surface area contributed by atoms with Crippen LogP contribution in [-0.2, 0) is 5.41 Å². The summed E-state index contributed by atoms with van der Waals surface area (Å²) < 4.78 is 0. The first kappa shape index (κ1) is 42.0. The molecule has 0 radical (unpaired) electrons. The summed E-state index contributed by atoms with van der Waals surface area (Å²) in [6.07, 6.45) is 31.9. The van der Waals surface area contributed by atoms with Gasteiger partial charge in [0.25, 0.3) is 0 Å². The first-order valence-electron chi connectivity index (χ1n) is 19.3. The van der Waals surface area contributed by atoms with Gasteiger partial charge < -0.3 is 0 Å². The minimum absolute atomic E-state index is 0.0225. The Bertz CT molecular complexity index is 920. The van der Waals surface area contributed by atoms with Gasteiger partial charge in [-0.3, -0.25) is 0 Å². The minimum atomic E-state index is 0.0225. The fraction of sp³-hybridized carbons (Fsp3) is 0.714. The Labute approximate surface area is 308 Å². The lowest BCUT2D eigenvalue weighted by Gasteiger charge is -2.47. The number of unbranched alkanes of at least 4 members (excludes halogenated alkanes) is 18. The molecule has 2 rings (SSSR count). The lowest BCUT2D eigenvalue weighted by Crippen LogP contribution is -2.43. The molecule has 0 saturated carbocycles. The predicted molar refractivity (Wildman–Crippen MR) is 222 cm³/mol. The van der Waals surface area contributed by atoms with E-state index in [1.54, 1.807) is 0 Å². The first-order valence-corrected chi connectivity index (χ1v) is 21.7. The fourth-order valence-electron chi connectivity index (χ4n) is 7.63. The Morgan fingerprint density at radius 3 is 1.26 bits per heavy atom. The van der Waals surface area contributed by atoms with Crippen molar-refractivity contribution in [1.82, 2.24) is 0 Å². The molecule has 0 bridgehead atoms. The molecule has 0 aromatic heterocycles. The van der Waals surface area contributed by atoms with E-state index in [-0.39, 0.29) is 5.41 Å². The van der Waals surface area contributed by atoms with Crippen LogP contribution in [0.15, 0.2) is 60.7 Å². The molecular formula is C42H70S4. The Balaban J connectivity index is 2.08. The van der Waals surface area contributed by atoms with Gasteiger partial charge in [-0.25, -0.2) is 0 Å². The molecule has 0 nitrogen and oxygen atoms in total. The maximum Gasteiger partial charge on any atom is 0.0138 e. The van der Waals surface area contributed by atoms with Gasteiger partial charge >= 0.3 is 0 Å². The molecule has 0 spiro atoms. The van der Waals surface area contributed by atoms with Crippen molar-refractivity contribution in [2.45, 2.75) is 171 Å². The molecule has 2 aromatic carbocycles. The van der Waals surface area contributed by atoms with E-state index in [2.05, 4.69) is 85.9 Å². The molecule has 0 heterocycles. The predicted octanol–water partition coefficient (Wildman–Crippen LogP) is 14.2. The summed E-state index contributed by atoms with van der Waals surface area (Å²) in [5.74, 6) is 3.46. The van der Waals surface area contributed by atoms with Gasteiger partial charge in [-0.1, -0.05) is 176 Å². The van der Waals surface area contributed by atoms with Crippen LogP contribution in [0, 0.1) is 0 Å². The standard InChI is InChI=1S/C42H70S4/c43-35-25-15-11-7-3-1-5-9-13-23-33-41(46)42(39-30-21-18-22-31-39,40(32-27-37-45)38-28-19-17-20-29-38)34-24-14-10-6-2-4-8-12-16-26-36-44/h17-22,28-31,40-41,43-46H,1-16,23-27,32-37H2. The van der Waals surface area contributed by atoms with Gasteiger partial charge in [-0.05, 0) is 72.8 Å². The van der Waals surface area contributed by atoms with E-state index in [0.717, 1.165) is 23.7 Å². The second-order valence-electron chi connectivity index (χ2n) is 13.8. The molecule has 0 aliphatic heterocycles. The monoisotopic (exact) mass is 702 g/mol. The van der Waals surface area contributed by atoms with Crippen molar-refractivity contribution in [3.63, 3.8) is 0 Å². The third kappa shape index (κ3) is 17.0. The largest absolute Gasteiger partial charge is 0.179 e. The summed E-state index contributed by atoms with van der Waals surface area (Å²) >= 11 is 19.0. The van der Waals surface area contributed by atoms with Crippen LogP contribution in [0.4, 0.5) is 0 Å². The van der Waals surface area contributed by atoms with Crippen LogP contribution in [0.2, 0.25) is 0 Å². The Morgan fingerprint density at radius 1 is 0.413 bits per heavy atom. The molecule has 0 aliphatic carbocycles. The summed E-state index contributed by atoms with van der Waals surface area (Å²) in [6, 6.07) is 23.0. The molecule has 3 unspecified atom stereocenters. The maximum absolute atomic E-state index is 5.61. The molecule has 3 atom stereocenters. The van der Waals surface area contributed by atoms with E-state index in [0.29, 0.717) is 11.2 Å². The zero-order chi connectivity index (χ0) is 33.0. The van der Waals surface area contributed by atoms with Crippen LogP contribution in [0.25, 0.3) is 0 Å². The van der Waals surface area contributed by atoms with Crippen LogP contribution in [0.5, 0.6) is 0 Å². The smallest absolute Gasteiger partial charge is 0.0138 e. The highest BCUT2D eigenvalue weighted by Crippen LogP contribution is 2.51. The van der Waals surface area contributed by atoms with E-state index < -0.39 is 0 Å². The maximum atomic E-state index is 5.61. The second-order valence-corrected chi connectivity index (χ2v) is 15.8. The number of thiol groups is 4. The van der Waals surface area contributed by atoms with Crippen molar-refractivity contribution >= 4 is 50.5 Å². The third-order valence-electron chi connectivity index (χ3n) is 10.3. The molecule has 0 amide bonds. The second kappa shape index (κ2) is 28.7. The van der Waals surface area contributed by atoms with E-state index in [1.165, 1.54) is 159 Å². The van der Waals surface area contributed by atoms with Crippen LogP contribution >= 0.6 is 50.5 Å².